The monoisotopic (exact) mass is 450 g/mol. The van der Waals surface area contributed by atoms with Crippen molar-refractivity contribution in [1.82, 2.24) is 20.4 Å². The number of alkyl halides is 3. The highest BCUT2D eigenvalue weighted by atomic mass is 19.4. The predicted molar refractivity (Wildman–Crippen MR) is 111 cm³/mol. The van der Waals surface area contributed by atoms with Gasteiger partial charge in [-0.15, -0.1) is 6.58 Å². The molecule has 1 aromatic rings. The van der Waals surface area contributed by atoms with E-state index in [4.69, 9.17) is 0 Å². The van der Waals surface area contributed by atoms with Gasteiger partial charge in [-0.2, -0.15) is 13.2 Å². The van der Waals surface area contributed by atoms with Crippen LogP contribution in [-0.2, 0) is 15.8 Å². The molecular formula is C22H25F3N4O3. The molecule has 4 amide bonds. The van der Waals surface area contributed by atoms with Crippen LogP contribution in [0.4, 0.5) is 18.0 Å². The number of halogens is 3. The molecule has 0 saturated carbocycles. The van der Waals surface area contributed by atoms with Crippen LogP contribution in [0.1, 0.15) is 31.0 Å². The zero-order valence-corrected chi connectivity index (χ0v) is 18.0. The predicted octanol–water partition coefficient (Wildman–Crippen LogP) is 2.82. The zero-order valence-electron chi connectivity index (χ0n) is 18.0. The van der Waals surface area contributed by atoms with E-state index >= 15 is 0 Å². The largest absolute Gasteiger partial charge is 0.416 e. The fourth-order valence-corrected chi connectivity index (χ4v) is 4.25. The molecule has 0 bridgehead atoms. The third-order valence-corrected chi connectivity index (χ3v) is 5.62. The fourth-order valence-electron chi connectivity index (χ4n) is 4.25. The number of nitrogens with zero attached hydrogens (tertiary/aromatic N) is 2. The zero-order chi connectivity index (χ0) is 23.8. The van der Waals surface area contributed by atoms with E-state index in [1.165, 1.54) is 41.1 Å². The third kappa shape index (κ3) is 3.96. The van der Waals surface area contributed by atoms with E-state index < -0.39 is 41.7 Å². The molecule has 2 aliphatic heterocycles. The van der Waals surface area contributed by atoms with Gasteiger partial charge in [-0.3, -0.25) is 14.5 Å². The Morgan fingerprint density at radius 3 is 2.53 bits per heavy atom. The van der Waals surface area contributed by atoms with Gasteiger partial charge < -0.3 is 15.5 Å². The summed E-state index contributed by atoms with van der Waals surface area (Å²) in [5, 5.41) is 5.08. The molecule has 2 aliphatic rings. The van der Waals surface area contributed by atoms with Crippen molar-refractivity contribution in [3.05, 3.63) is 59.3 Å². The number of urea groups is 1. The summed E-state index contributed by atoms with van der Waals surface area (Å²) in [6.07, 6.45) is -3.22. The Morgan fingerprint density at radius 2 is 1.97 bits per heavy atom. The van der Waals surface area contributed by atoms with Crippen LogP contribution in [0.2, 0.25) is 0 Å². The fraction of sp³-hybridized carbons (Fsp3) is 0.409. The summed E-state index contributed by atoms with van der Waals surface area (Å²) < 4.78 is 41.1. The lowest BCUT2D eigenvalue weighted by atomic mass is 9.91. The van der Waals surface area contributed by atoms with Gasteiger partial charge in [0.2, 0.25) is 5.91 Å². The van der Waals surface area contributed by atoms with Gasteiger partial charge in [0.05, 0.1) is 29.4 Å². The molecule has 1 aromatic carbocycles. The van der Waals surface area contributed by atoms with Crippen LogP contribution in [0.5, 0.6) is 0 Å². The molecule has 10 heteroatoms. The Balaban J connectivity index is 2.16. The van der Waals surface area contributed by atoms with Gasteiger partial charge in [-0.1, -0.05) is 38.1 Å². The van der Waals surface area contributed by atoms with Crippen molar-refractivity contribution < 1.29 is 27.6 Å². The summed E-state index contributed by atoms with van der Waals surface area (Å²) >= 11 is 0. The average molecular weight is 450 g/mol. The van der Waals surface area contributed by atoms with Gasteiger partial charge in [-0.05, 0) is 17.5 Å². The number of carbonyl (C=O) groups is 3. The Labute approximate surface area is 183 Å². The minimum Gasteiger partial charge on any atom is -0.357 e. The Morgan fingerprint density at radius 1 is 1.31 bits per heavy atom. The molecule has 0 saturated heterocycles. The summed E-state index contributed by atoms with van der Waals surface area (Å²) in [7, 11) is 1.45. The molecular weight excluding hydrogens is 425 g/mol. The van der Waals surface area contributed by atoms with Crippen molar-refractivity contribution in [1.29, 1.82) is 0 Å². The number of nitrogens with one attached hydrogen (secondary N) is 2. The second-order valence-electron chi connectivity index (χ2n) is 7.96. The second kappa shape index (κ2) is 8.68. The van der Waals surface area contributed by atoms with Gasteiger partial charge in [-0.25, -0.2) is 4.79 Å². The minimum atomic E-state index is -4.68. The van der Waals surface area contributed by atoms with Crippen LogP contribution in [-0.4, -0.2) is 53.8 Å². The van der Waals surface area contributed by atoms with Crippen molar-refractivity contribution in [2.45, 2.75) is 32.1 Å². The van der Waals surface area contributed by atoms with Gasteiger partial charge >= 0.3 is 12.2 Å². The first-order valence-corrected chi connectivity index (χ1v) is 10.1. The van der Waals surface area contributed by atoms with Crippen LogP contribution in [0.25, 0.3) is 0 Å². The average Bonchev–Trinajstić information content (AvgIpc) is 3.06. The molecule has 2 N–H and O–H groups in total. The topological polar surface area (TPSA) is 81.8 Å². The van der Waals surface area contributed by atoms with Crippen LogP contribution in [0.3, 0.4) is 0 Å². The molecule has 32 heavy (non-hydrogen) atoms. The van der Waals surface area contributed by atoms with Crippen molar-refractivity contribution in [3.8, 4) is 0 Å². The van der Waals surface area contributed by atoms with E-state index in [1.807, 2.05) is 0 Å². The van der Waals surface area contributed by atoms with Crippen LogP contribution < -0.4 is 10.6 Å². The number of likely N-dealkylation sites (N-methyl/N-ethyl adjacent to an activating group) is 1. The Bertz CT molecular complexity index is 987. The molecule has 2 heterocycles. The molecule has 0 aliphatic carbocycles. The van der Waals surface area contributed by atoms with Gasteiger partial charge in [0, 0.05) is 13.6 Å². The van der Waals surface area contributed by atoms with E-state index in [0.29, 0.717) is 0 Å². The summed E-state index contributed by atoms with van der Waals surface area (Å²) in [6.45, 7) is 7.14. The molecule has 3 rings (SSSR count). The maximum Gasteiger partial charge on any atom is 0.416 e. The van der Waals surface area contributed by atoms with Gasteiger partial charge in [0.1, 0.15) is 6.04 Å². The third-order valence-electron chi connectivity index (χ3n) is 5.62. The summed E-state index contributed by atoms with van der Waals surface area (Å²) in [4.78, 5) is 41.4. The molecule has 0 unspecified atom stereocenters. The first-order chi connectivity index (χ1) is 15.0. The highest BCUT2D eigenvalue weighted by Crippen LogP contribution is 2.42. The number of benzene rings is 1. The van der Waals surface area contributed by atoms with Crippen molar-refractivity contribution in [3.63, 3.8) is 0 Å². The molecule has 0 radical (unpaired) electrons. The van der Waals surface area contributed by atoms with Crippen LogP contribution in [0, 0.1) is 5.92 Å². The highest BCUT2D eigenvalue weighted by Gasteiger charge is 2.49. The number of amides is 4. The van der Waals surface area contributed by atoms with E-state index in [9.17, 15) is 27.6 Å². The smallest absolute Gasteiger partial charge is 0.357 e. The maximum atomic E-state index is 13.7. The normalized spacial score (nSPS) is 19.8. The molecule has 2 atom stereocenters. The molecule has 172 valence electrons. The minimum absolute atomic E-state index is 0.0257. The highest BCUT2D eigenvalue weighted by molar-refractivity contribution is 6.03. The molecule has 0 fully saturated rings. The number of carbonyl (C=O) groups excluding carboxylic acids is 3. The molecule has 0 aromatic heterocycles. The van der Waals surface area contributed by atoms with E-state index in [1.54, 1.807) is 13.8 Å². The van der Waals surface area contributed by atoms with Crippen LogP contribution >= 0.6 is 0 Å². The lowest BCUT2D eigenvalue weighted by molar-refractivity contribution is -0.139. The van der Waals surface area contributed by atoms with E-state index in [2.05, 4.69) is 17.2 Å². The van der Waals surface area contributed by atoms with Crippen LogP contribution in [0.15, 0.2) is 48.2 Å². The van der Waals surface area contributed by atoms with E-state index in [-0.39, 0.29) is 35.8 Å². The standard InChI is InChI=1S/C22H25F3N4O3/c1-5-10-28-15-11-29(18(12(2)3)19(30)26-4)20(31)16(15)17(27-21(28)32)13-8-6-7-9-14(13)22(23,24)25/h5-9,12,17-18H,1,10-11H2,2-4H3,(H,26,30)(H,27,32)/t17-,18-/m0/s1. The van der Waals surface area contributed by atoms with Crippen molar-refractivity contribution in [2.75, 3.05) is 20.1 Å². The number of hydrogen-bond donors (Lipinski definition) is 2. The summed E-state index contributed by atoms with van der Waals surface area (Å²) in [5.41, 5.74) is -0.865. The molecule has 7 nitrogen and oxygen atoms in total. The van der Waals surface area contributed by atoms with Crippen molar-refractivity contribution >= 4 is 17.8 Å². The Kier molecular flexibility index (Phi) is 6.34. The SMILES string of the molecule is C=CCN1C(=O)N[C@@H](c2ccccc2C(F)(F)F)C2=C1CN([C@H](C(=O)NC)C(C)C)C2=O. The first kappa shape index (κ1) is 23.4. The molecule has 0 spiro atoms. The van der Waals surface area contributed by atoms with Gasteiger partial charge in [0.25, 0.3) is 5.91 Å². The van der Waals surface area contributed by atoms with Gasteiger partial charge in [0.15, 0.2) is 0 Å². The first-order valence-electron chi connectivity index (χ1n) is 10.1. The Hall–Kier alpha value is -3.30. The number of rotatable bonds is 6. The van der Waals surface area contributed by atoms with Crippen molar-refractivity contribution in [2.24, 2.45) is 5.92 Å². The summed E-state index contributed by atoms with van der Waals surface area (Å²) in [6, 6.07) is 2.04. The second-order valence-corrected chi connectivity index (χ2v) is 7.96. The maximum absolute atomic E-state index is 13.7. The lowest BCUT2D eigenvalue weighted by Crippen LogP contribution is -2.50. The lowest BCUT2D eigenvalue weighted by Gasteiger charge is -2.33. The number of hydrogen-bond acceptors (Lipinski definition) is 3. The van der Waals surface area contributed by atoms with E-state index in [0.717, 1.165) is 6.07 Å². The summed E-state index contributed by atoms with van der Waals surface area (Å²) in [5.74, 6) is -1.24. The quantitative estimate of drug-likeness (QED) is 0.654.